The van der Waals surface area contributed by atoms with E-state index in [1.165, 1.54) is 6.07 Å². The van der Waals surface area contributed by atoms with Gasteiger partial charge in [-0.25, -0.2) is 13.8 Å². The van der Waals surface area contributed by atoms with E-state index < -0.39 is 17.5 Å². The summed E-state index contributed by atoms with van der Waals surface area (Å²) in [6, 6.07) is 11.1. The zero-order valence-corrected chi connectivity index (χ0v) is 15.5. The van der Waals surface area contributed by atoms with E-state index in [0.29, 0.717) is 17.0 Å². The quantitative estimate of drug-likeness (QED) is 0.487. The number of benzene rings is 2. The molecule has 144 valence electrons. The Hall–Kier alpha value is -3.20. The Balaban J connectivity index is 1.70. The fourth-order valence-electron chi connectivity index (χ4n) is 2.33. The molecule has 0 radical (unpaired) electrons. The molecule has 28 heavy (non-hydrogen) atoms. The highest BCUT2D eigenvalue weighted by molar-refractivity contribution is 7.99. The minimum Gasteiger partial charge on any atom is -0.497 e. The van der Waals surface area contributed by atoms with Crippen LogP contribution in [0.25, 0.3) is 11.3 Å². The smallest absolute Gasteiger partial charge is 0.252 e. The van der Waals surface area contributed by atoms with Gasteiger partial charge in [-0.05, 0) is 36.4 Å². The van der Waals surface area contributed by atoms with E-state index in [4.69, 9.17) is 4.74 Å². The van der Waals surface area contributed by atoms with Crippen molar-refractivity contribution in [2.75, 3.05) is 18.2 Å². The van der Waals surface area contributed by atoms with E-state index in [2.05, 4.69) is 15.3 Å². The number of anilines is 1. The number of ether oxygens (including phenoxy) is 1. The van der Waals surface area contributed by atoms with Gasteiger partial charge >= 0.3 is 0 Å². The molecule has 0 aliphatic rings. The molecule has 9 heteroatoms. The number of hydrogen-bond donors (Lipinski definition) is 2. The third-order valence-corrected chi connectivity index (χ3v) is 4.52. The van der Waals surface area contributed by atoms with E-state index >= 15 is 0 Å². The summed E-state index contributed by atoms with van der Waals surface area (Å²) in [5.41, 5.74) is 0.518. The molecule has 2 aromatic carbocycles. The number of halogens is 2. The SMILES string of the molecule is COc1ccc(-c2cc(=O)[nH]c(SCC(=O)Nc3cc(F)ccc3F)n2)cc1. The van der Waals surface area contributed by atoms with Crippen molar-refractivity contribution in [1.29, 1.82) is 0 Å². The summed E-state index contributed by atoms with van der Waals surface area (Å²) in [4.78, 5) is 30.8. The van der Waals surface area contributed by atoms with Gasteiger partial charge in [-0.1, -0.05) is 11.8 Å². The van der Waals surface area contributed by atoms with Crippen LogP contribution in [0.15, 0.2) is 58.5 Å². The van der Waals surface area contributed by atoms with Crippen LogP contribution in [0.3, 0.4) is 0 Å². The number of aromatic amines is 1. The number of thioether (sulfide) groups is 1. The summed E-state index contributed by atoms with van der Waals surface area (Å²) >= 11 is 0.969. The average Bonchev–Trinajstić information content (AvgIpc) is 2.69. The third-order valence-electron chi connectivity index (χ3n) is 3.65. The van der Waals surface area contributed by atoms with Crippen molar-refractivity contribution in [3.63, 3.8) is 0 Å². The zero-order chi connectivity index (χ0) is 20.1. The van der Waals surface area contributed by atoms with Crippen molar-refractivity contribution in [2.45, 2.75) is 5.16 Å². The van der Waals surface area contributed by atoms with Gasteiger partial charge in [-0.2, -0.15) is 0 Å². The highest BCUT2D eigenvalue weighted by Crippen LogP contribution is 2.22. The molecule has 0 bridgehead atoms. The van der Waals surface area contributed by atoms with Crippen LogP contribution < -0.4 is 15.6 Å². The number of hydrogen-bond acceptors (Lipinski definition) is 5. The maximum atomic E-state index is 13.6. The summed E-state index contributed by atoms with van der Waals surface area (Å²) < 4.78 is 31.8. The van der Waals surface area contributed by atoms with Crippen LogP contribution in [0, 0.1) is 11.6 Å². The van der Waals surface area contributed by atoms with E-state index in [1.54, 1.807) is 31.4 Å². The first-order chi connectivity index (χ1) is 13.4. The standard InChI is InChI=1S/C19H15F2N3O3S/c1-27-13-5-2-11(3-6-13)15-9-17(25)24-19(23-15)28-10-18(26)22-16-8-12(20)4-7-14(16)21/h2-9H,10H2,1H3,(H,22,26)(H,23,24,25). The highest BCUT2D eigenvalue weighted by Gasteiger charge is 2.11. The summed E-state index contributed by atoms with van der Waals surface area (Å²) in [5, 5.41) is 2.52. The number of aromatic nitrogens is 2. The third kappa shape index (κ3) is 4.95. The van der Waals surface area contributed by atoms with Crippen LogP contribution in [0.5, 0.6) is 5.75 Å². The molecular weight excluding hydrogens is 388 g/mol. The number of nitrogens with one attached hydrogen (secondary N) is 2. The van der Waals surface area contributed by atoms with Crippen LogP contribution in [-0.2, 0) is 4.79 Å². The Morgan fingerprint density at radius 2 is 1.93 bits per heavy atom. The molecule has 0 saturated heterocycles. The van der Waals surface area contributed by atoms with Gasteiger partial charge in [-0.15, -0.1) is 0 Å². The van der Waals surface area contributed by atoms with Gasteiger partial charge in [0.05, 0.1) is 24.2 Å². The van der Waals surface area contributed by atoms with Crippen LogP contribution in [0.4, 0.5) is 14.5 Å². The van der Waals surface area contributed by atoms with E-state index in [9.17, 15) is 18.4 Å². The molecule has 0 aliphatic carbocycles. The lowest BCUT2D eigenvalue weighted by atomic mass is 10.1. The first kappa shape index (κ1) is 19.6. The molecule has 1 heterocycles. The number of H-pyrrole nitrogens is 1. The molecule has 0 unspecified atom stereocenters. The molecule has 3 aromatic rings. The fraction of sp³-hybridized carbons (Fsp3) is 0.105. The second-order valence-corrected chi connectivity index (χ2v) is 6.59. The van der Waals surface area contributed by atoms with Crippen LogP contribution in [-0.4, -0.2) is 28.7 Å². The van der Waals surface area contributed by atoms with Gasteiger partial charge in [0.1, 0.15) is 17.4 Å². The molecular formula is C19H15F2N3O3S. The zero-order valence-electron chi connectivity index (χ0n) is 14.7. The normalized spacial score (nSPS) is 10.5. The lowest BCUT2D eigenvalue weighted by Gasteiger charge is -2.07. The maximum absolute atomic E-state index is 13.6. The Bertz CT molecular complexity index is 1060. The Labute approximate surface area is 163 Å². The van der Waals surface area contributed by atoms with Crippen LogP contribution in [0.1, 0.15) is 0 Å². The Morgan fingerprint density at radius 1 is 1.18 bits per heavy atom. The van der Waals surface area contributed by atoms with Gasteiger partial charge in [0.15, 0.2) is 5.16 Å². The largest absolute Gasteiger partial charge is 0.497 e. The predicted molar refractivity (Wildman–Crippen MR) is 103 cm³/mol. The van der Waals surface area contributed by atoms with Crippen LogP contribution >= 0.6 is 11.8 Å². The fourth-order valence-corrected chi connectivity index (χ4v) is 3.00. The summed E-state index contributed by atoms with van der Waals surface area (Å²) in [6.07, 6.45) is 0. The summed E-state index contributed by atoms with van der Waals surface area (Å²) in [5.74, 6) is -1.45. The molecule has 0 saturated carbocycles. The molecule has 0 spiro atoms. The monoisotopic (exact) mass is 403 g/mol. The van der Waals surface area contributed by atoms with Crippen molar-refractivity contribution in [2.24, 2.45) is 0 Å². The van der Waals surface area contributed by atoms with Crippen LogP contribution in [0.2, 0.25) is 0 Å². The first-order valence-electron chi connectivity index (χ1n) is 8.08. The predicted octanol–water partition coefficient (Wildman–Crippen LogP) is 3.45. The lowest BCUT2D eigenvalue weighted by molar-refractivity contribution is -0.113. The average molecular weight is 403 g/mol. The maximum Gasteiger partial charge on any atom is 0.252 e. The molecule has 1 aromatic heterocycles. The van der Waals surface area contributed by atoms with E-state index in [0.717, 1.165) is 30.0 Å². The Kier molecular flexibility index (Phi) is 6.05. The first-order valence-corrected chi connectivity index (χ1v) is 9.06. The van der Waals surface area contributed by atoms with Gasteiger partial charge in [0, 0.05) is 17.7 Å². The lowest BCUT2D eigenvalue weighted by Crippen LogP contribution is -2.16. The number of rotatable bonds is 6. The minimum absolute atomic E-state index is 0.148. The van der Waals surface area contributed by atoms with Gasteiger partial charge < -0.3 is 15.0 Å². The van der Waals surface area contributed by atoms with Crippen molar-refractivity contribution in [3.05, 3.63) is 70.5 Å². The molecule has 3 rings (SSSR count). The van der Waals surface area contributed by atoms with Gasteiger partial charge in [0.2, 0.25) is 5.91 Å². The Morgan fingerprint density at radius 3 is 2.64 bits per heavy atom. The second-order valence-electron chi connectivity index (χ2n) is 5.63. The van der Waals surface area contributed by atoms with Crippen molar-refractivity contribution < 1.29 is 18.3 Å². The van der Waals surface area contributed by atoms with E-state index in [1.807, 2.05) is 0 Å². The number of carbonyl (C=O) groups excluding carboxylic acids is 1. The molecule has 0 atom stereocenters. The number of methoxy groups -OCH3 is 1. The molecule has 0 aliphatic heterocycles. The van der Waals surface area contributed by atoms with Crippen molar-refractivity contribution >= 4 is 23.4 Å². The number of amides is 1. The number of nitrogens with zero attached hydrogens (tertiary/aromatic N) is 1. The van der Waals surface area contributed by atoms with Gasteiger partial charge in [0.25, 0.3) is 5.56 Å². The molecule has 2 N–H and O–H groups in total. The van der Waals surface area contributed by atoms with Crippen molar-refractivity contribution in [1.82, 2.24) is 9.97 Å². The minimum atomic E-state index is -0.743. The highest BCUT2D eigenvalue weighted by atomic mass is 32.2. The second kappa shape index (κ2) is 8.66. The molecule has 6 nitrogen and oxygen atoms in total. The number of carbonyl (C=O) groups is 1. The van der Waals surface area contributed by atoms with Gasteiger partial charge in [-0.3, -0.25) is 9.59 Å². The molecule has 1 amide bonds. The van der Waals surface area contributed by atoms with Crippen molar-refractivity contribution in [3.8, 4) is 17.0 Å². The summed E-state index contributed by atoms with van der Waals surface area (Å²) in [7, 11) is 1.55. The topological polar surface area (TPSA) is 84.1 Å². The van der Waals surface area contributed by atoms with E-state index in [-0.39, 0.29) is 22.2 Å². The molecule has 0 fully saturated rings. The summed E-state index contributed by atoms with van der Waals surface area (Å²) in [6.45, 7) is 0.